The summed E-state index contributed by atoms with van der Waals surface area (Å²) in [4.78, 5) is 32.3. The first kappa shape index (κ1) is 25.5. The number of aliphatic hydroxyl groups is 1. The molecule has 184 valence electrons. The number of nitriles is 1. The van der Waals surface area contributed by atoms with Crippen LogP contribution in [0.25, 0.3) is 0 Å². The van der Waals surface area contributed by atoms with E-state index in [1.54, 1.807) is 11.8 Å². The van der Waals surface area contributed by atoms with Gasteiger partial charge in [-0.05, 0) is 32.9 Å². The first-order chi connectivity index (χ1) is 16.7. The average molecular weight is 485 g/mol. The monoisotopic (exact) mass is 485 g/mol. The summed E-state index contributed by atoms with van der Waals surface area (Å²) in [7, 11) is 1.45. The zero-order valence-electron chi connectivity index (χ0n) is 19.7. The standard InChI is InChI=1S/C23H25F2N7O3/c1-5-30(13-34)21(11-33)28-29(4)20-7-19-16(6-17(20)24)23(35)32(12-31(19)14(2)3)22-15(8-26)9-27-10-18(22)25/h6-7,9-10,13-14,33H,5,11-12H2,1-4H3/b28-21-. The van der Waals surface area contributed by atoms with Gasteiger partial charge in [0.25, 0.3) is 5.91 Å². The summed E-state index contributed by atoms with van der Waals surface area (Å²) in [6.45, 7) is 5.01. The number of carbonyl (C=O) groups is 2. The number of nitrogens with zero attached hydrogens (tertiary/aromatic N) is 7. The Balaban J connectivity index is 2.12. The molecule has 0 saturated carbocycles. The summed E-state index contributed by atoms with van der Waals surface area (Å²) in [5.74, 6) is -2.30. The Bertz CT molecular complexity index is 1210. The zero-order valence-corrected chi connectivity index (χ0v) is 19.7. The van der Waals surface area contributed by atoms with E-state index in [0.29, 0.717) is 12.1 Å². The van der Waals surface area contributed by atoms with Gasteiger partial charge in [0, 0.05) is 25.8 Å². The number of halogens is 2. The number of hydrogen-bond acceptors (Lipinski definition) is 8. The van der Waals surface area contributed by atoms with Crippen LogP contribution in [0.1, 0.15) is 36.7 Å². The molecule has 3 rings (SSSR count). The van der Waals surface area contributed by atoms with E-state index in [1.807, 2.05) is 19.9 Å². The van der Waals surface area contributed by atoms with Crippen molar-refractivity contribution in [3.63, 3.8) is 0 Å². The van der Waals surface area contributed by atoms with Crippen LogP contribution in [0.2, 0.25) is 0 Å². The quantitative estimate of drug-likeness (QED) is 0.277. The minimum Gasteiger partial charge on any atom is -0.388 e. The molecule has 0 fully saturated rings. The lowest BCUT2D eigenvalue weighted by Gasteiger charge is -2.41. The van der Waals surface area contributed by atoms with Gasteiger partial charge in [-0.15, -0.1) is 0 Å². The number of carbonyl (C=O) groups excluding carboxylic acids is 2. The van der Waals surface area contributed by atoms with Crippen LogP contribution in [-0.2, 0) is 4.79 Å². The van der Waals surface area contributed by atoms with Crippen molar-refractivity contribution in [2.75, 3.05) is 41.7 Å². The summed E-state index contributed by atoms with van der Waals surface area (Å²) >= 11 is 0. The SMILES string of the molecule is CCN(C=O)/C(CO)=N\N(C)c1cc2c(cc1F)C(=O)N(c1c(F)cncc1C#N)CN2C(C)C. The van der Waals surface area contributed by atoms with Crippen molar-refractivity contribution in [1.82, 2.24) is 9.88 Å². The number of rotatable bonds is 7. The molecule has 0 spiro atoms. The van der Waals surface area contributed by atoms with E-state index in [0.717, 1.165) is 23.4 Å². The normalized spacial score (nSPS) is 13.6. The third kappa shape index (κ3) is 4.76. The minimum atomic E-state index is -0.845. The molecule has 10 nitrogen and oxygen atoms in total. The molecule has 0 saturated heterocycles. The van der Waals surface area contributed by atoms with Crippen molar-refractivity contribution in [2.24, 2.45) is 5.10 Å². The second-order valence-electron chi connectivity index (χ2n) is 7.98. The molecule has 12 heteroatoms. The lowest BCUT2D eigenvalue weighted by molar-refractivity contribution is -0.114. The van der Waals surface area contributed by atoms with Crippen molar-refractivity contribution in [2.45, 2.75) is 26.8 Å². The predicted molar refractivity (Wildman–Crippen MR) is 126 cm³/mol. The van der Waals surface area contributed by atoms with Crippen LogP contribution in [0.4, 0.5) is 25.8 Å². The molecule has 1 N–H and O–H groups in total. The number of amidine groups is 1. The summed E-state index contributed by atoms with van der Waals surface area (Å²) in [6, 6.07) is 4.11. The Hall–Kier alpha value is -4.11. The van der Waals surface area contributed by atoms with Gasteiger partial charge in [0.2, 0.25) is 6.41 Å². The Morgan fingerprint density at radius 1 is 1.34 bits per heavy atom. The van der Waals surface area contributed by atoms with E-state index in [9.17, 15) is 24.3 Å². The Kier molecular flexibility index (Phi) is 7.61. The molecule has 0 radical (unpaired) electrons. The number of hydrazone groups is 1. The van der Waals surface area contributed by atoms with Crippen molar-refractivity contribution >= 4 is 35.2 Å². The minimum absolute atomic E-state index is 0.00337. The van der Waals surface area contributed by atoms with Crippen LogP contribution in [0.15, 0.2) is 29.6 Å². The molecule has 1 aromatic heterocycles. The van der Waals surface area contributed by atoms with E-state index in [1.165, 1.54) is 23.0 Å². The van der Waals surface area contributed by atoms with Gasteiger partial charge in [0.1, 0.15) is 24.2 Å². The van der Waals surface area contributed by atoms with Gasteiger partial charge < -0.3 is 10.0 Å². The van der Waals surface area contributed by atoms with Gasteiger partial charge in [-0.2, -0.15) is 10.4 Å². The number of aromatic nitrogens is 1. The number of pyridine rings is 1. The Morgan fingerprint density at radius 3 is 2.63 bits per heavy atom. The number of benzene rings is 1. The molecule has 0 unspecified atom stereocenters. The average Bonchev–Trinajstić information content (AvgIpc) is 2.84. The summed E-state index contributed by atoms with van der Waals surface area (Å²) in [6.07, 6.45) is 2.58. The van der Waals surface area contributed by atoms with Crippen LogP contribution in [0.5, 0.6) is 0 Å². The maximum Gasteiger partial charge on any atom is 0.262 e. The second-order valence-corrected chi connectivity index (χ2v) is 7.98. The summed E-state index contributed by atoms with van der Waals surface area (Å²) in [5, 5.41) is 24.3. The number of fused-ring (bicyclic) bond motifs is 1. The topological polar surface area (TPSA) is 116 Å². The number of likely N-dealkylation sites (N-methyl/N-ethyl adjacent to an activating group) is 1. The van der Waals surface area contributed by atoms with Gasteiger partial charge >= 0.3 is 0 Å². The Morgan fingerprint density at radius 2 is 2.06 bits per heavy atom. The molecule has 0 bridgehead atoms. The molecule has 2 aromatic rings. The molecule has 35 heavy (non-hydrogen) atoms. The van der Waals surface area contributed by atoms with E-state index >= 15 is 4.39 Å². The van der Waals surface area contributed by atoms with Crippen LogP contribution < -0.4 is 14.8 Å². The molecule has 1 aromatic carbocycles. The van der Waals surface area contributed by atoms with Crippen molar-refractivity contribution < 1.29 is 23.5 Å². The predicted octanol–water partition coefficient (Wildman–Crippen LogP) is 2.28. The number of hydrogen-bond donors (Lipinski definition) is 1. The van der Waals surface area contributed by atoms with Crippen LogP contribution in [0, 0.1) is 23.0 Å². The highest BCUT2D eigenvalue weighted by Gasteiger charge is 2.35. The molecule has 2 amide bonds. The fraction of sp³-hybridized carbons (Fsp3) is 0.348. The smallest absolute Gasteiger partial charge is 0.262 e. The maximum atomic E-state index is 15.2. The lowest BCUT2D eigenvalue weighted by Crippen LogP contribution is -2.50. The van der Waals surface area contributed by atoms with E-state index in [2.05, 4.69) is 10.1 Å². The van der Waals surface area contributed by atoms with Crippen molar-refractivity contribution in [3.05, 3.63) is 47.3 Å². The highest BCUT2D eigenvalue weighted by Crippen LogP contribution is 2.37. The van der Waals surface area contributed by atoms with Gasteiger partial charge in [0.15, 0.2) is 11.7 Å². The fourth-order valence-corrected chi connectivity index (χ4v) is 3.77. The maximum absolute atomic E-state index is 15.2. The van der Waals surface area contributed by atoms with E-state index < -0.39 is 24.1 Å². The van der Waals surface area contributed by atoms with E-state index in [4.69, 9.17) is 0 Å². The zero-order chi connectivity index (χ0) is 25.9. The third-order valence-electron chi connectivity index (χ3n) is 5.59. The number of amides is 2. The number of anilines is 3. The summed E-state index contributed by atoms with van der Waals surface area (Å²) in [5.41, 5.74) is 0.0198. The van der Waals surface area contributed by atoms with Gasteiger partial charge in [-0.1, -0.05) is 0 Å². The number of aliphatic hydroxyl groups excluding tert-OH is 1. The van der Waals surface area contributed by atoms with Crippen molar-refractivity contribution in [1.29, 1.82) is 5.26 Å². The highest BCUT2D eigenvalue weighted by molar-refractivity contribution is 6.12. The molecule has 0 aliphatic carbocycles. The highest BCUT2D eigenvalue weighted by atomic mass is 19.1. The second kappa shape index (κ2) is 10.4. The van der Waals surface area contributed by atoms with Crippen LogP contribution >= 0.6 is 0 Å². The van der Waals surface area contributed by atoms with Gasteiger partial charge in [-0.25, -0.2) is 8.78 Å². The third-order valence-corrected chi connectivity index (χ3v) is 5.59. The summed E-state index contributed by atoms with van der Waals surface area (Å²) < 4.78 is 29.9. The molecular weight excluding hydrogens is 460 g/mol. The molecule has 1 aliphatic heterocycles. The molecule has 2 heterocycles. The van der Waals surface area contributed by atoms with Crippen molar-refractivity contribution in [3.8, 4) is 6.07 Å². The van der Waals surface area contributed by atoms with E-state index in [-0.39, 0.29) is 47.6 Å². The largest absolute Gasteiger partial charge is 0.388 e. The van der Waals surface area contributed by atoms with Crippen LogP contribution in [0.3, 0.4) is 0 Å². The fourth-order valence-electron chi connectivity index (χ4n) is 3.77. The molecule has 0 atom stereocenters. The first-order valence-electron chi connectivity index (χ1n) is 10.8. The molecular formula is C23H25F2N7O3. The first-order valence-corrected chi connectivity index (χ1v) is 10.8. The molecule has 1 aliphatic rings. The van der Waals surface area contributed by atoms with Gasteiger partial charge in [-0.3, -0.25) is 29.4 Å². The lowest BCUT2D eigenvalue weighted by atomic mass is 10.0. The van der Waals surface area contributed by atoms with Gasteiger partial charge in [0.05, 0.1) is 35.4 Å². The Labute approximate surface area is 201 Å². The van der Waals surface area contributed by atoms with Crippen LogP contribution in [-0.4, -0.2) is 66.1 Å².